The third-order valence-corrected chi connectivity index (χ3v) is 5.41. The van der Waals surface area contributed by atoms with Crippen LogP contribution in [-0.4, -0.2) is 41.9 Å². The maximum absolute atomic E-state index is 12.2. The Morgan fingerprint density at radius 1 is 1.17 bits per heavy atom. The van der Waals surface area contributed by atoms with E-state index < -0.39 is 36.2 Å². The molecule has 1 aliphatic rings. The number of hydrogen-bond acceptors (Lipinski definition) is 5. The highest BCUT2D eigenvalue weighted by Crippen LogP contribution is 2.20. The molecular formula is C21H20BrN3O5. The van der Waals surface area contributed by atoms with E-state index in [2.05, 4.69) is 26.7 Å². The molecule has 2 aromatic carbocycles. The monoisotopic (exact) mass is 473 g/mol. The minimum absolute atomic E-state index is 0.0102. The highest BCUT2D eigenvalue weighted by atomic mass is 79.9. The molecule has 1 saturated heterocycles. The quantitative estimate of drug-likeness (QED) is 0.626. The largest absolute Gasteiger partial charge is 0.455 e. The van der Waals surface area contributed by atoms with Gasteiger partial charge in [-0.15, -0.1) is 0 Å². The molecule has 3 amide bonds. The van der Waals surface area contributed by atoms with E-state index in [1.807, 2.05) is 6.92 Å². The van der Waals surface area contributed by atoms with Crippen LogP contribution in [-0.2, 0) is 19.1 Å². The fourth-order valence-corrected chi connectivity index (χ4v) is 3.17. The maximum Gasteiger partial charge on any atom is 0.311 e. The number of esters is 1. The number of nitrogens with one attached hydrogen (secondary N) is 2. The normalized spacial score (nSPS) is 15.6. The van der Waals surface area contributed by atoms with Crippen LogP contribution >= 0.6 is 15.9 Å². The highest BCUT2D eigenvalue weighted by Gasteiger charge is 2.36. The Morgan fingerprint density at radius 3 is 2.60 bits per heavy atom. The zero-order chi connectivity index (χ0) is 21.7. The number of halogens is 1. The lowest BCUT2D eigenvalue weighted by molar-refractivity contribution is -0.151. The second-order valence-electron chi connectivity index (χ2n) is 6.83. The maximum atomic E-state index is 12.2. The minimum Gasteiger partial charge on any atom is -0.455 e. The van der Waals surface area contributed by atoms with E-state index in [4.69, 9.17) is 4.74 Å². The molecule has 1 aliphatic heterocycles. The highest BCUT2D eigenvalue weighted by molar-refractivity contribution is 9.10. The summed E-state index contributed by atoms with van der Waals surface area (Å²) in [5.41, 5.74) is 4.43. The van der Waals surface area contributed by atoms with E-state index in [0.717, 1.165) is 15.0 Å². The number of benzene rings is 2. The van der Waals surface area contributed by atoms with Gasteiger partial charge in [-0.2, -0.15) is 0 Å². The van der Waals surface area contributed by atoms with Crippen LogP contribution in [0.2, 0.25) is 0 Å². The number of nitrogens with zero attached hydrogens (tertiary/aromatic N) is 1. The number of carbonyl (C=O) groups excluding carboxylic acids is 4. The van der Waals surface area contributed by atoms with Crippen molar-refractivity contribution in [2.75, 3.05) is 18.5 Å². The summed E-state index contributed by atoms with van der Waals surface area (Å²) in [6.07, 6.45) is -0.0958. The van der Waals surface area contributed by atoms with Gasteiger partial charge in [0.2, 0.25) is 5.91 Å². The number of amides is 3. The summed E-state index contributed by atoms with van der Waals surface area (Å²) < 4.78 is 5.97. The first kappa shape index (κ1) is 21.5. The summed E-state index contributed by atoms with van der Waals surface area (Å²) in [6, 6.07) is 13.7. The van der Waals surface area contributed by atoms with Gasteiger partial charge in [0.1, 0.15) is 0 Å². The molecule has 2 N–H and O–H groups in total. The van der Waals surface area contributed by atoms with Gasteiger partial charge in [-0.3, -0.25) is 29.6 Å². The van der Waals surface area contributed by atoms with E-state index in [9.17, 15) is 19.2 Å². The fraction of sp³-hybridized carbons (Fsp3) is 0.238. The number of hydrazine groups is 1. The molecule has 0 aliphatic carbocycles. The Hall–Kier alpha value is -3.20. The lowest BCUT2D eigenvalue weighted by atomic mass is 10.1. The van der Waals surface area contributed by atoms with Crippen LogP contribution in [0.5, 0.6) is 0 Å². The first-order chi connectivity index (χ1) is 14.3. The minimum atomic E-state index is -0.753. The molecule has 1 heterocycles. The number of ether oxygens (including phenoxy) is 1. The first-order valence-corrected chi connectivity index (χ1v) is 10.0. The van der Waals surface area contributed by atoms with Gasteiger partial charge in [0.25, 0.3) is 11.8 Å². The number of carbonyl (C=O) groups is 4. The fourth-order valence-electron chi connectivity index (χ4n) is 2.92. The summed E-state index contributed by atoms with van der Waals surface area (Å²) in [6.45, 7) is 1.41. The second-order valence-corrected chi connectivity index (χ2v) is 7.69. The lowest BCUT2D eigenvalue weighted by Crippen LogP contribution is -2.43. The predicted octanol–water partition coefficient (Wildman–Crippen LogP) is 2.43. The molecule has 0 saturated carbocycles. The Kier molecular flexibility index (Phi) is 6.83. The van der Waals surface area contributed by atoms with Crippen LogP contribution in [0.15, 0.2) is 53.0 Å². The first-order valence-electron chi connectivity index (χ1n) is 9.22. The zero-order valence-electron chi connectivity index (χ0n) is 16.2. The van der Waals surface area contributed by atoms with Gasteiger partial charge in [-0.25, -0.2) is 0 Å². The molecule has 9 heteroatoms. The number of anilines is 1. The van der Waals surface area contributed by atoms with Crippen LogP contribution in [0.25, 0.3) is 0 Å². The van der Waals surface area contributed by atoms with Crippen molar-refractivity contribution < 1.29 is 23.9 Å². The average molecular weight is 474 g/mol. The molecule has 0 radical (unpaired) electrons. The van der Waals surface area contributed by atoms with Crippen molar-refractivity contribution >= 4 is 45.3 Å². The van der Waals surface area contributed by atoms with E-state index in [1.54, 1.807) is 48.5 Å². The molecule has 156 valence electrons. The molecule has 1 fully saturated rings. The van der Waals surface area contributed by atoms with Crippen molar-refractivity contribution in [2.24, 2.45) is 5.92 Å². The summed E-state index contributed by atoms with van der Waals surface area (Å²) in [5.74, 6) is -2.74. The molecule has 0 aromatic heterocycles. The van der Waals surface area contributed by atoms with E-state index in [0.29, 0.717) is 11.3 Å². The average Bonchev–Trinajstić information content (AvgIpc) is 3.10. The van der Waals surface area contributed by atoms with Crippen molar-refractivity contribution in [3.63, 3.8) is 0 Å². The third-order valence-electron chi connectivity index (χ3n) is 4.52. The van der Waals surface area contributed by atoms with Crippen molar-refractivity contribution in [3.8, 4) is 0 Å². The predicted molar refractivity (Wildman–Crippen MR) is 112 cm³/mol. The summed E-state index contributed by atoms with van der Waals surface area (Å²) >= 11 is 3.38. The van der Waals surface area contributed by atoms with Gasteiger partial charge in [0.05, 0.1) is 12.5 Å². The number of rotatable bonds is 6. The van der Waals surface area contributed by atoms with Crippen LogP contribution in [0.3, 0.4) is 0 Å². The molecule has 0 bridgehead atoms. The lowest BCUT2D eigenvalue weighted by Gasteiger charge is -2.17. The molecule has 8 nitrogen and oxygen atoms in total. The molecule has 0 spiro atoms. The van der Waals surface area contributed by atoms with Gasteiger partial charge in [-0.05, 0) is 42.8 Å². The van der Waals surface area contributed by atoms with Crippen molar-refractivity contribution in [2.45, 2.75) is 13.3 Å². The van der Waals surface area contributed by atoms with Gasteiger partial charge in [0, 0.05) is 22.1 Å². The van der Waals surface area contributed by atoms with Gasteiger partial charge >= 0.3 is 5.97 Å². The topological polar surface area (TPSA) is 105 Å². The summed E-state index contributed by atoms with van der Waals surface area (Å²) in [5, 5.41) is 3.75. The molecular weight excluding hydrogens is 454 g/mol. The standard InChI is InChI=1S/C21H20BrN3O5/c1-13-9-16(7-8-17(13)22)23-18(26)12-30-21(29)15-10-19(27)25(11-15)24-20(28)14-5-3-2-4-6-14/h2-9,15H,10-12H2,1H3,(H,23,26)(H,24,28)/t15-/m1/s1. The van der Waals surface area contributed by atoms with Crippen LogP contribution in [0.1, 0.15) is 22.3 Å². The molecule has 0 unspecified atom stereocenters. The summed E-state index contributed by atoms with van der Waals surface area (Å²) in [4.78, 5) is 48.6. The Balaban J connectivity index is 1.47. The molecule has 30 heavy (non-hydrogen) atoms. The third kappa shape index (κ3) is 5.44. The van der Waals surface area contributed by atoms with Crippen LogP contribution in [0, 0.1) is 12.8 Å². The SMILES string of the molecule is Cc1cc(NC(=O)COC(=O)[C@@H]2CC(=O)N(NC(=O)c3ccccc3)C2)ccc1Br. The van der Waals surface area contributed by atoms with Crippen molar-refractivity contribution in [1.82, 2.24) is 10.4 Å². The molecule has 3 rings (SSSR count). The number of hydrogen-bond donors (Lipinski definition) is 2. The molecule has 1 atom stereocenters. The smallest absolute Gasteiger partial charge is 0.311 e. The van der Waals surface area contributed by atoms with Crippen LogP contribution < -0.4 is 10.7 Å². The van der Waals surface area contributed by atoms with Gasteiger partial charge in [0.15, 0.2) is 6.61 Å². The molecule has 2 aromatic rings. The number of aryl methyl sites for hydroxylation is 1. The van der Waals surface area contributed by atoms with Gasteiger partial charge < -0.3 is 10.1 Å². The Labute approximate surface area is 181 Å². The van der Waals surface area contributed by atoms with Gasteiger partial charge in [-0.1, -0.05) is 34.1 Å². The van der Waals surface area contributed by atoms with E-state index in [1.165, 1.54) is 0 Å². The summed E-state index contributed by atoms with van der Waals surface area (Å²) in [7, 11) is 0. The second kappa shape index (κ2) is 9.53. The van der Waals surface area contributed by atoms with E-state index in [-0.39, 0.29) is 13.0 Å². The van der Waals surface area contributed by atoms with Crippen molar-refractivity contribution in [1.29, 1.82) is 0 Å². The Morgan fingerprint density at radius 2 is 1.90 bits per heavy atom. The van der Waals surface area contributed by atoms with Crippen molar-refractivity contribution in [3.05, 3.63) is 64.1 Å². The van der Waals surface area contributed by atoms with Crippen LogP contribution in [0.4, 0.5) is 5.69 Å². The zero-order valence-corrected chi connectivity index (χ0v) is 17.8. The van der Waals surface area contributed by atoms with E-state index >= 15 is 0 Å². The Bertz CT molecular complexity index is 980.